The zero-order valence-electron chi connectivity index (χ0n) is 21.0. The van der Waals surface area contributed by atoms with Gasteiger partial charge in [0.1, 0.15) is 16.3 Å². The predicted octanol–water partition coefficient (Wildman–Crippen LogP) is 4.90. The van der Waals surface area contributed by atoms with Crippen molar-refractivity contribution in [1.82, 2.24) is 9.88 Å². The fraction of sp³-hybridized carbons (Fsp3) is 0.577. The first-order valence-electron chi connectivity index (χ1n) is 11.7. The van der Waals surface area contributed by atoms with Crippen molar-refractivity contribution in [3.63, 3.8) is 0 Å². The maximum atomic E-state index is 14.2. The number of carboxylic acid groups (broad SMARTS) is 1. The van der Waals surface area contributed by atoms with Crippen LogP contribution in [0.25, 0.3) is 0 Å². The lowest BCUT2D eigenvalue weighted by Gasteiger charge is -2.39. The molecule has 1 aliphatic rings. The molecule has 0 saturated carbocycles. The van der Waals surface area contributed by atoms with Crippen LogP contribution in [0.2, 0.25) is 0 Å². The van der Waals surface area contributed by atoms with E-state index in [0.29, 0.717) is 16.3 Å². The molecular formula is C26H36N2O5S. The van der Waals surface area contributed by atoms with Gasteiger partial charge in [-0.3, -0.25) is 4.79 Å². The molecule has 1 aromatic carbocycles. The molecule has 0 bridgehead atoms. The molecular weight excluding hydrogens is 452 g/mol. The topological polar surface area (TPSA) is 100.0 Å². The Bertz CT molecular complexity index is 1030. The third kappa shape index (κ3) is 4.70. The third-order valence-electron chi connectivity index (χ3n) is 6.66. The first-order valence-corrected chi connectivity index (χ1v) is 12.5. The Labute approximate surface area is 205 Å². The number of aromatic nitrogens is 1. The summed E-state index contributed by atoms with van der Waals surface area (Å²) in [5.74, 6) is -1.31. The number of carbonyl (C=O) groups excluding carboxylic acids is 1. The standard InChI is InChI=1S/C26H36N2O5S/c1-15(2)13-26(24(31)32)14-18(16(3)29)21(22-27-10-11-34-22)28(26)23(30)17-8-9-19(25(4,5)6)20(12-17)33-7/h8-12,15-16,18,21,29H,13-14H2,1-7H3,(H,31,32)/t16?,18-,21+,26-/m0/s1. The van der Waals surface area contributed by atoms with Crippen molar-refractivity contribution in [2.45, 2.75) is 77.5 Å². The summed E-state index contributed by atoms with van der Waals surface area (Å²) in [6, 6.07) is 4.66. The first-order chi connectivity index (χ1) is 15.8. The van der Waals surface area contributed by atoms with Crippen molar-refractivity contribution in [3.8, 4) is 5.75 Å². The molecule has 34 heavy (non-hydrogen) atoms. The number of hydrogen-bond donors (Lipinski definition) is 2. The van der Waals surface area contributed by atoms with Gasteiger partial charge in [0.05, 0.1) is 19.3 Å². The second-order valence-electron chi connectivity index (χ2n) is 10.7. The Morgan fingerprint density at radius 1 is 1.29 bits per heavy atom. The van der Waals surface area contributed by atoms with Gasteiger partial charge in [-0.2, -0.15) is 0 Å². The van der Waals surface area contributed by atoms with Crippen molar-refractivity contribution in [3.05, 3.63) is 45.9 Å². The van der Waals surface area contributed by atoms with Gasteiger partial charge in [0.2, 0.25) is 0 Å². The second-order valence-corrected chi connectivity index (χ2v) is 11.6. The van der Waals surface area contributed by atoms with Crippen LogP contribution < -0.4 is 4.74 Å². The molecule has 1 aromatic heterocycles. The summed E-state index contributed by atoms with van der Waals surface area (Å²) in [5, 5.41) is 23.6. The number of hydrogen-bond acceptors (Lipinski definition) is 6. The monoisotopic (exact) mass is 488 g/mol. The Hall–Kier alpha value is -2.45. The van der Waals surface area contributed by atoms with Gasteiger partial charge in [0.25, 0.3) is 5.91 Å². The number of nitrogens with zero attached hydrogens (tertiary/aromatic N) is 2. The van der Waals surface area contributed by atoms with Crippen LogP contribution in [0, 0.1) is 11.8 Å². The summed E-state index contributed by atoms with van der Waals surface area (Å²) in [5.41, 5.74) is -0.340. The van der Waals surface area contributed by atoms with Gasteiger partial charge in [0, 0.05) is 23.1 Å². The summed E-state index contributed by atoms with van der Waals surface area (Å²) < 4.78 is 5.61. The minimum atomic E-state index is -1.46. The van der Waals surface area contributed by atoms with E-state index < -0.39 is 35.5 Å². The Morgan fingerprint density at radius 2 is 1.97 bits per heavy atom. The number of amides is 1. The summed E-state index contributed by atoms with van der Waals surface area (Å²) in [6.45, 7) is 11.7. The van der Waals surface area contributed by atoms with Crippen LogP contribution in [0.1, 0.15) is 81.4 Å². The smallest absolute Gasteiger partial charge is 0.329 e. The second kappa shape index (κ2) is 9.66. The van der Waals surface area contributed by atoms with E-state index >= 15 is 0 Å². The highest BCUT2D eigenvalue weighted by Crippen LogP contribution is 2.52. The lowest BCUT2D eigenvalue weighted by molar-refractivity contribution is -0.150. The number of methoxy groups -OCH3 is 1. The number of carbonyl (C=O) groups is 2. The van der Waals surface area contributed by atoms with E-state index in [4.69, 9.17) is 4.74 Å². The zero-order chi connectivity index (χ0) is 25.4. The Kier molecular flexibility index (Phi) is 7.43. The molecule has 0 aliphatic carbocycles. The number of aliphatic hydroxyl groups is 1. The molecule has 0 radical (unpaired) electrons. The Balaban J connectivity index is 2.22. The molecule has 1 unspecified atom stereocenters. The minimum Gasteiger partial charge on any atom is -0.496 e. The molecule has 1 fully saturated rings. The maximum absolute atomic E-state index is 14.2. The number of aliphatic carboxylic acids is 1. The van der Waals surface area contributed by atoms with E-state index in [0.717, 1.165) is 5.56 Å². The van der Waals surface area contributed by atoms with Crippen molar-refractivity contribution in [2.24, 2.45) is 11.8 Å². The molecule has 7 nitrogen and oxygen atoms in total. The minimum absolute atomic E-state index is 0.0221. The van der Waals surface area contributed by atoms with Crippen LogP contribution in [0.15, 0.2) is 29.8 Å². The molecule has 1 aliphatic heterocycles. The van der Waals surface area contributed by atoms with Gasteiger partial charge < -0.3 is 19.8 Å². The molecule has 1 saturated heterocycles. The molecule has 8 heteroatoms. The van der Waals surface area contributed by atoms with Crippen LogP contribution in [0.4, 0.5) is 0 Å². The van der Waals surface area contributed by atoms with E-state index in [2.05, 4.69) is 25.8 Å². The SMILES string of the molecule is COc1cc(C(=O)N2[C@@H](c3nccs3)[C@H](C(C)O)C[C@@]2(CC(C)C)C(=O)O)ccc1C(C)(C)C. The van der Waals surface area contributed by atoms with Gasteiger partial charge in [-0.05, 0) is 48.8 Å². The van der Waals surface area contributed by atoms with Crippen molar-refractivity contribution < 1.29 is 24.5 Å². The summed E-state index contributed by atoms with van der Waals surface area (Å²) in [6.07, 6.45) is 1.27. The van der Waals surface area contributed by atoms with Gasteiger partial charge in [-0.1, -0.05) is 40.7 Å². The zero-order valence-corrected chi connectivity index (χ0v) is 21.8. The number of benzene rings is 1. The molecule has 4 atom stereocenters. The molecule has 186 valence electrons. The van der Waals surface area contributed by atoms with E-state index in [9.17, 15) is 19.8 Å². The molecule has 2 aromatic rings. The van der Waals surface area contributed by atoms with Crippen LogP contribution in [0.5, 0.6) is 5.75 Å². The molecule has 0 spiro atoms. The predicted molar refractivity (Wildman–Crippen MR) is 132 cm³/mol. The molecule has 3 rings (SSSR count). The van der Waals surface area contributed by atoms with Crippen LogP contribution in [-0.4, -0.2) is 50.7 Å². The van der Waals surface area contributed by atoms with Crippen molar-refractivity contribution in [2.75, 3.05) is 7.11 Å². The average Bonchev–Trinajstić information content (AvgIpc) is 3.38. The van der Waals surface area contributed by atoms with Crippen LogP contribution >= 0.6 is 11.3 Å². The number of aliphatic hydroxyl groups excluding tert-OH is 1. The summed E-state index contributed by atoms with van der Waals surface area (Å²) in [4.78, 5) is 33.0. The average molecular weight is 489 g/mol. The van der Waals surface area contributed by atoms with Gasteiger partial charge in [0.15, 0.2) is 0 Å². The Morgan fingerprint density at radius 3 is 2.44 bits per heavy atom. The largest absolute Gasteiger partial charge is 0.496 e. The molecule has 2 heterocycles. The quantitative estimate of drug-likeness (QED) is 0.575. The number of ether oxygens (including phenoxy) is 1. The fourth-order valence-electron chi connectivity index (χ4n) is 5.20. The lowest BCUT2D eigenvalue weighted by Crippen LogP contribution is -2.54. The van der Waals surface area contributed by atoms with E-state index in [1.54, 1.807) is 32.4 Å². The number of carboxylic acids is 1. The van der Waals surface area contributed by atoms with E-state index in [-0.39, 0.29) is 24.2 Å². The van der Waals surface area contributed by atoms with Gasteiger partial charge >= 0.3 is 5.97 Å². The van der Waals surface area contributed by atoms with Crippen molar-refractivity contribution in [1.29, 1.82) is 0 Å². The number of likely N-dealkylation sites (tertiary alicyclic amines) is 1. The third-order valence-corrected chi connectivity index (χ3v) is 7.51. The highest BCUT2D eigenvalue weighted by atomic mass is 32.1. The summed E-state index contributed by atoms with van der Waals surface area (Å²) in [7, 11) is 1.57. The first kappa shape index (κ1) is 26.2. The van der Waals surface area contributed by atoms with Crippen molar-refractivity contribution >= 4 is 23.2 Å². The molecule has 2 N–H and O–H groups in total. The van der Waals surface area contributed by atoms with E-state index in [1.807, 2.05) is 25.3 Å². The molecule has 1 amide bonds. The number of rotatable bonds is 7. The highest BCUT2D eigenvalue weighted by molar-refractivity contribution is 7.09. The fourth-order valence-corrected chi connectivity index (χ4v) is 6.01. The van der Waals surface area contributed by atoms with E-state index in [1.165, 1.54) is 16.2 Å². The summed E-state index contributed by atoms with van der Waals surface area (Å²) >= 11 is 1.37. The normalized spacial score (nSPS) is 23.9. The van der Waals surface area contributed by atoms with Crippen LogP contribution in [-0.2, 0) is 10.2 Å². The lowest BCUT2D eigenvalue weighted by atomic mass is 9.82. The highest BCUT2D eigenvalue weighted by Gasteiger charge is 2.60. The van der Waals surface area contributed by atoms with Gasteiger partial charge in [-0.15, -0.1) is 11.3 Å². The number of thiazole rings is 1. The van der Waals surface area contributed by atoms with Gasteiger partial charge in [-0.25, -0.2) is 9.78 Å². The maximum Gasteiger partial charge on any atom is 0.329 e. The van der Waals surface area contributed by atoms with Crippen LogP contribution in [0.3, 0.4) is 0 Å².